The maximum atomic E-state index is 11.8. The zero-order chi connectivity index (χ0) is 14.5. The largest absolute Gasteiger partial charge is 0.481 e. The molecule has 1 aliphatic carbocycles. The summed E-state index contributed by atoms with van der Waals surface area (Å²) in [6.45, 7) is 2.89. The van der Waals surface area contributed by atoms with Gasteiger partial charge in [-0.1, -0.05) is 0 Å². The summed E-state index contributed by atoms with van der Waals surface area (Å²) in [5, 5.41) is 14.5. The summed E-state index contributed by atoms with van der Waals surface area (Å²) in [7, 11) is 2.03. The van der Waals surface area contributed by atoms with E-state index in [-0.39, 0.29) is 24.1 Å². The molecule has 3 N–H and O–H groups in total. The van der Waals surface area contributed by atoms with E-state index in [0.29, 0.717) is 26.0 Å². The van der Waals surface area contributed by atoms with E-state index in [0.717, 1.165) is 19.5 Å². The number of nitrogens with zero attached hydrogens (tertiary/aromatic N) is 1. The molecule has 2 fully saturated rings. The molecule has 1 aliphatic heterocycles. The van der Waals surface area contributed by atoms with Gasteiger partial charge in [-0.3, -0.25) is 4.79 Å². The number of aliphatic carboxylic acids is 1. The Bertz CT molecular complexity index is 364. The summed E-state index contributed by atoms with van der Waals surface area (Å²) in [6.07, 6.45) is 1.91. The number of carboxylic acid groups (broad SMARTS) is 1. The topological polar surface area (TPSA) is 90.9 Å². The lowest BCUT2D eigenvalue weighted by Crippen LogP contribution is -2.49. The Morgan fingerprint density at radius 1 is 1.40 bits per heavy atom. The number of ether oxygens (including phenoxy) is 1. The molecule has 2 rings (SSSR count). The summed E-state index contributed by atoms with van der Waals surface area (Å²) in [4.78, 5) is 24.8. The first-order valence-corrected chi connectivity index (χ1v) is 7.12. The Labute approximate surface area is 118 Å². The van der Waals surface area contributed by atoms with Gasteiger partial charge < -0.3 is 25.4 Å². The van der Waals surface area contributed by atoms with Crippen LogP contribution < -0.4 is 10.6 Å². The summed E-state index contributed by atoms with van der Waals surface area (Å²) in [5.74, 6) is -1.09. The maximum Gasteiger partial charge on any atom is 0.315 e. The van der Waals surface area contributed by atoms with Crippen LogP contribution in [-0.2, 0) is 9.53 Å². The van der Waals surface area contributed by atoms with Gasteiger partial charge in [-0.2, -0.15) is 0 Å². The third kappa shape index (κ3) is 4.35. The lowest BCUT2D eigenvalue weighted by molar-refractivity contribution is -0.141. The van der Waals surface area contributed by atoms with E-state index in [9.17, 15) is 9.59 Å². The minimum atomic E-state index is -0.770. The number of morpholine rings is 1. The minimum absolute atomic E-state index is 0.0230. The van der Waals surface area contributed by atoms with Crippen LogP contribution in [0.1, 0.15) is 19.3 Å². The molecule has 0 bridgehead atoms. The molecule has 0 aromatic heterocycles. The van der Waals surface area contributed by atoms with E-state index in [1.807, 2.05) is 7.05 Å². The lowest BCUT2D eigenvalue weighted by Gasteiger charge is -2.30. The van der Waals surface area contributed by atoms with Gasteiger partial charge in [-0.25, -0.2) is 4.79 Å². The van der Waals surface area contributed by atoms with Crippen LogP contribution in [0.25, 0.3) is 0 Å². The molecule has 114 valence electrons. The van der Waals surface area contributed by atoms with Crippen molar-refractivity contribution in [2.75, 3.05) is 33.3 Å². The van der Waals surface area contributed by atoms with Gasteiger partial charge in [0.1, 0.15) is 0 Å². The highest BCUT2D eigenvalue weighted by Crippen LogP contribution is 2.25. The lowest BCUT2D eigenvalue weighted by atomic mass is 10.1. The molecule has 7 nitrogen and oxygen atoms in total. The average Bonchev–Trinajstić information content (AvgIpc) is 2.85. The molecule has 2 amide bonds. The number of nitrogens with one attached hydrogen (secondary N) is 2. The fourth-order valence-corrected chi connectivity index (χ4v) is 2.77. The number of hydrogen-bond acceptors (Lipinski definition) is 4. The van der Waals surface area contributed by atoms with Crippen LogP contribution in [0.15, 0.2) is 0 Å². The summed E-state index contributed by atoms with van der Waals surface area (Å²) < 4.78 is 5.56. The molecule has 3 atom stereocenters. The monoisotopic (exact) mass is 285 g/mol. The molecular weight excluding hydrogens is 262 g/mol. The second-order valence-corrected chi connectivity index (χ2v) is 5.65. The van der Waals surface area contributed by atoms with Gasteiger partial charge in [0.05, 0.1) is 18.6 Å². The van der Waals surface area contributed by atoms with Crippen LogP contribution in [0.2, 0.25) is 0 Å². The summed E-state index contributed by atoms with van der Waals surface area (Å²) in [5.41, 5.74) is 0. The third-order valence-corrected chi connectivity index (χ3v) is 3.95. The van der Waals surface area contributed by atoms with Crippen molar-refractivity contribution in [2.24, 2.45) is 5.92 Å². The zero-order valence-corrected chi connectivity index (χ0v) is 11.8. The van der Waals surface area contributed by atoms with Gasteiger partial charge in [-0.05, 0) is 26.3 Å². The van der Waals surface area contributed by atoms with E-state index in [2.05, 4.69) is 15.5 Å². The zero-order valence-electron chi connectivity index (χ0n) is 11.8. The van der Waals surface area contributed by atoms with Crippen molar-refractivity contribution >= 4 is 12.0 Å². The van der Waals surface area contributed by atoms with E-state index >= 15 is 0 Å². The van der Waals surface area contributed by atoms with Crippen molar-refractivity contribution in [3.63, 3.8) is 0 Å². The number of likely N-dealkylation sites (N-methyl/N-ethyl adjacent to an activating group) is 1. The Morgan fingerprint density at radius 3 is 2.85 bits per heavy atom. The Hall–Kier alpha value is -1.34. The normalized spacial score (nSPS) is 30.9. The number of hydrogen-bond donors (Lipinski definition) is 3. The molecule has 0 radical (unpaired) electrons. The first-order chi connectivity index (χ1) is 9.54. The molecule has 2 aliphatic rings. The van der Waals surface area contributed by atoms with Crippen LogP contribution >= 0.6 is 0 Å². The van der Waals surface area contributed by atoms with E-state index in [1.54, 1.807) is 0 Å². The van der Waals surface area contributed by atoms with Crippen molar-refractivity contribution in [3.05, 3.63) is 0 Å². The average molecular weight is 285 g/mol. The molecule has 0 aromatic carbocycles. The summed E-state index contributed by atoms with van der Waals surface area (Å²) >= 11 is 0. The van der Waals surface area contributed by atoms with Crippen LogP contribution in [0.4, 0.5) is 4.79 Å². The Morgan fingerprint density at radius 2 is 2.20 bits per heavy atom. The molecule has 1 saturated carbocycles. The Balaban J connectivity index is 1.64. The number of carboxylic acids is 1. The van der Waals surface area contributed by atoms with Crippen LogP contribution in [0, 0.1) is 5.92 Å². The fraction of sp³-hybridized carbons (Fsp3) is 0.846. The van der Waals surface area contributed by atoms with Gasteiger partial charge in [-0.15, -0.1) is 0 Å². The minimum Gasteiger partial charge on any atom is -0.481 e. The highest BCUT2D eigenvalue weighted by atomic mass is 16.5. The molecule has 1 heterocycles. The molecule has 0 spiro atoms. The van der Waals surface area contributed by atoms with Crippen molar-refractivity contribution in [1.82, 2.24) is 15.5 Å². The van der Waals surface area contributed by atoms with Crippen molar-refractivity contribution in [3.8, 4) is 0 Å². The predicted molar refractivity (Wildman–Crippen MR) is 72.5 cm³/mol. The first kappa shape index (κ1) is 15.1. The van der Waals surface area contributed by atoms with Gasteiger partial charge in [0.25, 0.3) is 0 Å². The van der Waals surface area contributed by atoms with E-state index in [1.165, 1.54) is 0 Å². The standard InChI is InChI=1S/C13H23N3O4/c1-16-4-5-20-11(8-16)7-14-13(19)15-10-3-2-9(6-10)12(17)18/h9-11H,2-8H2,1H3,(H,17,18)(H2,14,15,19)/t9-,10+,11?/m1/s1. The fourth-order valence-electron chi connectivity index (χ4n) is 2.77. The van der Waals surface area contributed by atoms with Gasteiger partial charge in [0.15, 0.2) is 0 Å². The Kier molecular flexibility index (Phi) is 5.19. The van der Waals surface area contributed by atoms with Crippen LogP contribution in [-0.4, -0.2) is 67.4 Å². The van der Waals surface area contributed by atoms with Crippen molar-refractivity contribution in [2.45, 2.75) is 31.4 Å². The number of amides is 2. The van der Waals surface area contributed by atoms with Gasteiger partial charge in [0, 0.05) is 25.7 Å². The number of urea groups is 1. The van der Waals surface area contributed by atoms with Crippen molar-refractivity contribution in [1.29, 1.82) is 0 Å². The number of rotatable bonds is 4. The molecule has 0 aromatic rings. The predicted octanol–water partition coefficient (Wildman–Crippen LogP) is -0.130. The highest BCUT2D eigenvalue weighted by molar-refractivity contribution is 5.75. The molecular formula is C13H23N3O4. The smallest absolute Gasteiger partial charge is 0.315 e. The second kappa shape index (κ2) is 6.90. The van der Waals surface area contributed by atoms with E-state index in [4.69, 9.17) is 9.84 Å². The number of carbonyl (C=O) groups is 2. The quantitative estimate of drug-likeness (QED) is 0.669. The van der Waals surface area contributed by atoms with Gasteiger partial charge in [0.2, 0.25) is 0 Å². The first-order valence-electron chi connectivity index (χ1n) is 7.12. The maximum absolute atomic E-state index is 11.8. The van der Waals surface area contributed by atoms with Gasteiger partial charge >= 0.3 is 12.0 Å². The highest BCUT2D eigenvalue weighted by Gasteiger charge is 2.30. The van der Waals surface area contributed by atoms with Crippen molar-refractivity contribution < 1.29 is 19.4 Å². The number of carbonyl (C=O) groups excluding carboxylic acids is 1. The second-order valence-electron chi connectivity index (χ2n) is 5.65. The molecule has 1 unspecified atom stereocenters. The SMILES string of the molecule is CN1CCOC(CNC(=O)N[C@H]2CC[C@@H](C(=O)O)C2)C1. The third-order valence-electron chi connectivity index (χ3n) is 3.95. The molecule has 7 heteroatoms. The van der Waals surface area contributed by atoms with E-state index < -0.39 is 5.97 Å². The molecule has 1 saturated heterocycles. The summed E-state index contributed by atoms with van der Waals surface area (Å²) in [6, 6.07) is -0.274. The molecule has 20 heavy (non-hydrogen) atoms. The van der Waals surface area contributed by atoms with Crippen LogP contribution in [0.3, 0.4) is 0 Å². The van der Waals surface area contributed by atoms with Crippen LogP contribution in [0.5, 0.6) is 0 Å².